The molecule has 1 fully saturated rings. The van der Waals surface area contributed by atoms with Crippen molar-refractivity contribution in [3.05, 3.63) is 83.7 Å². The molecule has 1 saturated heterocycles. The number of carbonyl (C=O) groups is 3. The number of aliphatic hydroxyl groups excluding tert-OH is 2. The lowest BCUT2D eigenvalue weighted by Crippen LogP contribution is -2.40. The molecule has 2 aliphatic rings. The molecule has 3 aromatic heterocycles. The lowest BCUT2D eigenvalue weighted by molar-refractivity contribution is -0.166. The summed E-state index contributed by atoms with van der Waals surface area (Å²) in [5, 5.41) is 58.8. The smallest absolute Gasteiger partial charge is 0.442 e. The maximum absolute atomic E-state index is 13.8. The van der Waals surface area contributed by atoms with Crippen molar-refractivity contribution in [1.82, 2.24) is 50.1 Å². The Bertz CT molecular complexity index is 2460. The Morgan fingerprint density at radius 1 is 0.969 bits per heavy atom. The van der Waals surface area contributed by atoms with E-state index in [1.807, 2.05) is 0 Å². The zero-order valence-corrected chi connectivity index (χ0v) is 34.9. The highest BCUT2D eigenvalue weighted by Crippen LogP contribution is 2.52. The van der Waals surface area contributed by atoms with Crippen molar-refractivity contribution in [2.45, 2.75) is 75.2 Å². The quantitative estimate of drug-likeness (QED) is 0.0611. The summed E-state index contributed by atoms with van der Waals surface area (Å²) in [4.78, 5) is 52.3. The number of fused-ring (bicyclic) bond motifs is 1. The van der Waals surface area contributed by atoms with E-state index in [0.29, 0.717) is 70.6 Å². The van der Waals surface area contributed by atoms with Gasteiger partial charge in [0.1, 0.15) is 31.1 Å². The van der Waals surface area contributed by atoms with Crippen molar-refractivity contribution < 1.29 is 47.6 Å². The third-order valence-corrected chi connectivity index (χ3v) is 11.5. The fraction of sp³-hybridized carbons (Fsp3) is 0.436. The molecular formula is C39H43F3N14O7S. The average molecular weight is 909 g/mol. The number of carbonyl (C=O) groups excluding carboxylic acids is 2. The van der Waals surface area contributed by atoms with Crippen LogP contribution in [0.1, 0.15) is 52.8 Å². The molecule has 0 spiro atoms. The summed E-state index contributed by atoms with van der Waals surface area (Å²) in [6.45, 7) is 1.97. The van der Waals surface area contributed by atoms with Gasteiger partial charge in [-0.25, -0.2) is 15.0 Å². The SMILES string of the molecule is Cc1nnc(-c2ccc(CN(CC(=O)NCCCCNc3ncnc4c3ncn4C3OC(CSCC[C@H](N)C(=O)O)C(O)C3O)C(=O)c3ccc(C4(C(F)(F)F)N=N4)cc3)cc2)nn1. The zero-order valence-electron chi connectivity index (χ0n) is 34.0. The minimum atomic E-state index is -4.73. The van der Waals surface area contributed by atoms with Gasteiger partial charge in [-0.3, -0.25) is 19.0 Å². The summed E-state index contributed by atoms with van der Waals surface area (Å²) in [6.07, 6.45) is -4.87. The van der Waals surface area contributed by atoms with E-state index >= 15 is 0 Å². The first kappa shape index (κ1) is 45.7. The number of amides is 2. The van der Waals surface area contributed by atoms with E-state index in [9.17, 15) is 37.8 Å². The number of nitrogens with two attached hydrogens (primary N) is 1. The molecule has 5 atom stereocenters. The molecule has 64 heavy (non-hydrogen) atoms. The minimum Gasteiger partial charge on any atom is -0.480 e. The number of thioether (sulfide) groups is 1. The van der Waals surface area contributed by atoms with Gasteiger partial charge in [-0.05, 0) is 49.6 Å². The van der Waals surface area contributed by atoms with Gasteiger partial charge in [-0.1, -0.05) is 36.4 Å². The standard InChI is InChI=1S/C39H43F3N14O7S/c1-21-49-51-32(52-50-21)23-6-4-22(5-7-23)16-55(35(60)24-8-10-25(11-9-24)38(53-54-38)39(40,41)42)17-28(57)44-13-2-3-14-45-33-29-34(47-19-46-33)56(20-48-29)36-31(59)30(58)27(63-36)18-64-15-12-26(43)37(61)62/h4-11,19-20,26-27,30-31,36,58-59H,2-3,12-18,43H2,1H3,(H,44,57)(H,61,62)(H,45,46,47)/t26-,27?,30?,31?,36?/m0/s1. The Hall–Kier alpha value is -6.28. The van der Waals surface area contributed by atoms with Crippen molar-refractivity contribution in [2.24, 2.45) is 16.0 Å². The molecule has 0 bridgehead atoms. The van der Waals surface area contributed by atoms with E-state index in [1.54, 1.807) is 31.2 Å². The zero-order chi connectivity index (χ0) is 45.6. The third-order valence-electron chi connectivity index (χ3n) is 10.4. The highest BCUT2D eigenvalue weighted by molar-refractivity contribution is 7.99. The number of halogens is 3. The van der Waals surface area contributed by atoms with Gasteiger partial charge in [0.2, 0.25) is 11.7 Å². The van der Waals surface area contributed by atoms with Crippen LogP contribution in [0.2, 0.25) is 0 Å². The van der Waals surface area contributed by atoms with Crippen LogP contribution in [0.4, 0.5) is 19.0 Å². The van der Waals surface area contributed by atoms with Crippen LogP contribution in [0.15, 0.2) is 71.4 Å². The molecule has 2 aliphatic heterocycles. The number of aromatic nitrogens is 8. The van der Waals surface area contributed by atoms with Crippen molar-refractivity contribution in [2.75, 3.05) is 36.5 Å². The molecule has 5 heterocycles. The van der Waals surface area contributed by atoms with Crippen LogP contribution in [0.3, 0.4) is 0 Å². The summed E-state index contributed by atoms with van der Waals surface area (Å²) in [6, 6.07) is 10.7. The monoisotopic (exact) mass is 908 g/mol. The van der Waals surface area contributed by atoms with Gasteiger partial charge >= 0.3 is 17.8 Å². The van der Waals surface area contributed by atoms with Crippen molar-refractivity contribution >= 4 is 46.5 Å². The van der Waals surface area contributed by atoms with Gasteiger partial charge < -0.3 is 41.3 Å². The van der Waals surface area contributed by atoms with Crippen LogP contribution in [-0.2, 0) is 26.5 Å². The molecule has 2 amide bonds. The summed E-state index contributed by atoms with van der Waals surface area (Å²) < 4.78 is 48.3. The normalized spacial score (nSPS) is 19.4. The Morgan fingerprint density at radius 3 is 2.34 bits per heavy atom. The number of nitrogens with one attached hydrogen (secondary N) is 2. The van der Waals surface area contributed by atoms with Crippen LogP contribution < -0.4 is 16.4 Å². The molecule has 338 valence electrons. The fourth-order valence-corrected chi connectivity index (χ4v) is 7.85. The number of ether oxygens (including phenoxy) is 1. The first-order valence-electron chi connectivity index (χ1n) is 19.9. The summed E-state index contributed by atoms with van der Waals surface area (Å²) >= 11 is 1.35. The first-order valence-corrected chi connectivity index (χ1v) is 21.1. The number of hydrogen-bond donors (Lipinski definition) is 6. The molecule has 21 nitrogen and oxygen atoms in total. The maximum Gasteiger partial charge on any atom is 0.442 e. The number of benzene rings is 2. The maximum atomic E-state index is 13.8. The third kappa shape index (κ3) is 10.4. The number of aliphatic hydroxyl groups is 2. The van der Waals surface area contributed by atoms with Crippen molar-refractivity contribution in [3.8, 4) is 11.4 Å². The molecule has 7 N–H and O–H groups in total. The predicted octanol–water partition coefficient (Wildman–Crippen LogP) is 2.37. The predicted molar refractivity (Wildman–Crippen MR) is 221 cm³/mol. The lowest BCUT2D eigenvalue weighted by atomic mass is 10.0. The summed E-state index contributed by atoms with van der Waals surface area (Å²) in [5.74, 6) is -0.312. The van der Waals surface area contributed by atoms with Crippen LogP contribution in [-0.4, -0.2) is 140 Å². The molecule has 5 aromatic rings. The number of aryl methyl sites for hydroxylation is 1. The molecule has 4 unspecified atom stereocenters. The highest BCUT2D eigenvalue weighted by Gasteiger charge is 2.65. The molecule has 25 heteroatoms. The van der Waals surface area contributed by atoms with Crippen LogP contribution in [0.5, 0.6) is 0 Å². The number of aliphatic carboxylic acids is 1. The number of hydrogen-bond acceptors (Lipinski definition) is 18. The van der Waals surface area contributed by atoms with Gasteiger partial charge in [-0.2, -0.15) is 24.9 Å². The first-order chi connectivity index (χ1) is 30.6. The van der Waals surface area contributed by atoms with Gasteiger partial charge in [0.25, 0.3) is 5.91 Å². The Morgan fingerprint density at radius 2 is 1.67 bits per heavy atom. The number of rotatable bonds is 20. The summed E-state index contributed by atoms with van der Waals surface area (Å²) in [5.41, 5.74) is 4.76. The molecule has 2 aromatic carbocycles. The number of nitrogens with zero attached hydrogens (tertiary/aromatic N) is 11. The van der Waals surface area contributed by atoms with Gasteiger partial charge in [0, 0.05) is 42.1 Å². The van der Waals surface area contributed by atoms with E-state index in [0.717, 1.165) is 12.1 Å². The van der Waals surface area contributed by atoms with Crippen LogP contribution >= 0.6 is 11.8 Å². The second-order valence-electron chi connectivity index (χ2n) is 15.0. The van der Waals surface area contributed by atoms with Gasteiger partial charge in [-0.15, -0.1) is 30.6 Å². The van der Waals surface area contributed by atoms with E-state index < -0.39 is 60.2 Å². The number of anilines is 1. The summed E-state index contributed by atoms with van der Waals surface area (Å²) in [7, 11) is 0. The Kier molecular flexibility index (Phi) is 14.0. The molecule has 7 rings (SSSR count). The Labute approximate surface area is 366 Å². The van der Waals surface area contributed by atoms with E-state index in [-0.39, 0.29) is 37.2 Å². The molecule has 0 aliphatic carbocycles. The van der Waals surface area contributed by atoms with E-state index in [4.69, 9.17) is 15.6 Å². The molecular weight excluding hydrogens is 866 g/mol. The van der Waals surface area contributed by atoms with Crippen LogP contribution in [0, 0.1) is 6.92 Å². The fourth-order valence-electron chi connectivity index (χ4n) is 6.76. The largest absolute Gasteiger partial charge is 0.480 e. The van der Waals surface area contributed by atoms with Gasteiger partial charge in [0.05, 0.1) is 12.4 Å². The van der Waals surface area contributed by atoms with Crippen molar-refractivity contribution in [1.29, 1.82) is 0 Å². The number of alkyl halides is 3. The highest BCUT2D eigenvalue weighted by atomic mass is 32.2. The Balaban J connectivity index is 0.919. The number of unbranched alkanes of at least 4 members (excludes halogenated alkanes) is 1. The lowest BCUT2D eigenvalue weighted by Gasteiger charge is -2.23. The number of carboxylic acids is 1. The second-order valence-corrected chi connectivity index (χ2v) is 16.1. The second kappa shape index (κ2) is 19.6. The minimum absolute atomic E-state index is 0.0123. The van der Waals surface area contributed by atoms with Gasteiger partial charge in [0.15, 0.2) is 29.0 Å². The van der Waals surface area contributed by atoms with E-state index in [2.05, 4.69) is 56.2 Å². The molecule has 0 radical (unpaired) electrons. The molecule has 0 saturated carbocycles. The average Bonchev–Trinajstić information content (AvgIpc) is 3.94. The number of imidazole rings is 1. The van der Waals surface area contributed by atoms with Crippen LogP contribution in [0.25, 0.3) is 22.6 Å². The topological polar surface area (TPSA) is 294 Å². The number of carboxylic acid groups (broad SMARTS) is 1. The van der Waals surface area contributed by atoms with E-state index in [1.165, 1.54) is 46.0 Å². The van der Waals surface area contributed by atoms with Crippen molar-refractivity contribution in [3.63, 3.8) is 0 Å².